The van der Waals surface area contributed by atoms with Crippen LogP contribution in [-0.2, 0) is 14.1 Å². The molecule has 0 heterocycles. The molecule has 168 valence electrons. The minimum Gasteiger partial charge on any atom is -0.414 e. The van der Waals surface area contributed by atoms with Crippen molar-refractivity contribution in [2.45, 2.75) is 96.6 Å². The predicted molar refractivity (Wildman–Crippen MR) is 119 cm³/mol. The SMILES string of the molecule is CON(C)C(=O)/C=C/[C@@](C)(F)[C@H]1CC[C@H]2C(O[Si](C)(C)C(C)(C)C)CCC[C@@]21C. The van der Waals surface area contributed by atoms with Gasteiger partial charge in [-0.2, -0.15) is 0 Å². The average Bonchev–Trinajstić information content (AvgIpc) is 2.96. The third kappa shape index (κ3) is 4.96. The molecule has 5 atom stereocenters. The van der Waals surface area contributed by atoms with Crippen LogP contribution in [0.25, 0.3) is 0 Å². The summed E-state index contributed by atoms with van der Waals surface area (Å²) < 4.78 is 22.7. The summed E-state index contributed by atoms with van der Waals surface area (Å²) in [7, 11) is 1.08. The Kier molecular flexibility index (Phi) is 7.13. The van der Waals surface area contributed by atoms with Gasteiger partial charge in [-0.15, -0.1) is 0 Å². The number of nitrogens with zero attached hydrogens (tertiary/aromatic N) is 1. The van der Waals surface area contributed by atoms with Crippen molar-refractivity contribution < 1.29 is 18.4 Å². The van der Waals surface area contributed by atoms with E-state index in [0.29, 0.717) is 5.92 Å². The van der Waals surface area contributed by atoms with Crippen LogP contribution in [0.4, 0.5) is 4.39 Å². The lowest BCUT2D eigenvalue weighted by Crippen LogP contribution is -2.51. The zero-order valence-electron chi connectivity index (χ0n) is 20.0. The van der Waals surface area contributed by atoms with Gasteiger partial charge in [0.15, 0.2) is 8.32 Å². The van der Waals surface area contributed by atoms with E-state index in [1.54, 1.807) is 6.92 Å². The molecule has 0 aliphatic heterocycles. The lowest BCUT2D eigenvalue weighted by molar-refractivity contribution is -0.162. The van der Waals surface area contributed by atoms with Gasteiger partial charge in [-0.3, -0.25) is 9.63 Å². The molecule has 0 saturated heterocycles. The topological polar surface area (TPSA) is 38.8 Å². The smallest absolute Gasteiger partial charge is 0.269 e. The van der Waals surface area contributed by atoms with Crippen molar-refractivity contribution in [1.82, 2.24) is 5.06 Å². The maximum atomic E-state index is 15.9. The second kappa shape index (κ2) is 8.43. The van der Waals surface area contributed by atoms with Gasteiger partial charge in [-0.05, 0) is 68.1 Å². The summed E-state index contributed by atoms with van der Waals surface area (Å²) in [6.07, 6.45) is 8.00. The summed E-state index contributed by atoms with van der Waals surface area (Å²) in [6, 6.07) is 0. The van der Waals surface area contributed by atoms with E-state index < -0.39 is 14.0 Å². The largest absolute Gasteiger partial charge is 0.414 e. The van der Waals surface area contributed by atoms with Crippen LogP contribution in [0.3, 0.4) is 0 Å². The Morgan fingerprint density at radius 2 is 1.83 bits per heavy atom. The number of hydrogen-bond donors (Lipinski definition) is 0. The number of hydrogen-bond acceptors (Lipinski definition) is 3. The van der Waals surface area contributed by atoms with E-state index in [0.717, 1.165) is 37.2 Å². The quantitative estimate of drug-likeness (QED) is 0.301. The molecule has 0 N–H and O–H groups in total. The molecule has 1 unspecified atom stereocenters. The standard InChI is InChI=1S/C23H42FNO3Si/c1-21(2,3)29(8,9)28-18-11-10-15-22(4)17(18)12-13-19(22)23(5,24)16-14-20(26)25(6)27-7/h14,16-19H,10-13,15H2,1-9H3/b16-14+/t17-,18?,19-,22-,23+/m0/s1. The number of halogens is 1. The number of likely N-dealkylation sites (N-methyl/N-ethyl adjacent to an activating group) is 1. The number of fused-ring (bicyclic) bond motifs is 1. The highest BCUT2D eigenvalue weighted by molar-refractivity contribution is 6.74. The van der Waals surface area contributed by atoms with E-state index in [9.17, 15) is 4.79 Å². The first-order chi connectivity index (χ1) is 13.2. The molecule has 2 aliphatic carbocycles. The molecule has 1 amide bonds. The van der Waals surface area contributed by atoms with E-state index in [1.165, 1.54) is 26.3 Å². The molecule has 0 spiro atoms. The van der Waals surface area contributed by atoms with Crippen molar-refractivity contribution in [3.63, 3.8) is 0 Å². The maximum Gasteiger partial charge on any atom is 0.269 e. The Labute approximate surface area is 178 Å². The maximum absolute atomic E-state index is 15.9. The van der Waals surface area contributed by atoms with Gasteiger partial charge < -0.3 is 4.43 Å². The van der Waals surface area contributed by atoms with Gasteiger partial charge >= 0.3 is 0 Å². The monoisotopic (exact) mass is 427 g/mol. The fraction of sp³-hybridized carbons (Fsp3) is 0.870. The van der Waals surface area contributed by atoms with Crippen molar-refractivity contribution in [2.24, 2.45) is 17.3 Å². The molecule has 2 fully saturated rings. The molecular formula is C23H42FNO3Si. The molecule has 0 radical (unpaired) electrons. The fourth-order valence-corrected chi connectivity index (χ4v) is 6.68. The number of amides is 1. The van der Waals surface area contributed by atoms with Crippen LogP contribution in [0.2, 0.25) is 18.1 Å². The van der Waals surface area contributed by atoms with Crippen LogP contribution < -0.4 is 0 Å². The van der Waals surface area contributed by atoms with Gasteiger partial charge in [0.2, 0.25) is 0 Å². The lowest BCUT2D eigenvalue weighted by Gasteiger charge is -2.50. The molecule has 6 heteroatoms. The molecule has 2 rings (SSSR count). The Morgan fingerprint density at radius 1 is 1.21 bits per heavy atom. The van der Waals surface area contributed by atoms with E-state index in [-0.39, 0.29) is 28.4 Å². The second-order valence-corrected chi connectivity index (χ2v) is 15.8. The number of allylic oxidation sites excluding steroid dienone is 1. The third-order valence-corrected chi connectivity index (χ3v) is 12.6. The molecular weight excluding hydrogens is 385 g/mol. The molecule has 2 aliphatic rings. The van der Waals surface area contributed by atoms with Crippen LogP contribution in [0.5, 0.6) is 0 Å². The predicted octanol–water partition coefficient (Wildman–Crippen LogP) is 5.90. The van der Waals surface area contributed by atoms with E-state index in [1.807, 2.05) is 0 Å². The Morgan fingerprint density at radius 3 is 2.38 bits per heavy atom. The highest BCUT2D eigenvalue weighted by Gasteiger charge is 2.57. The number of hydroxylamine groups is 2. The van der Waals surface area contributed by atoms with Crippen LogP contribution >= 0.6 is 0 Å². The lowest BCUT2D eigenvalue weighted by atomic mass is 9.61. The first-order valence-electron chi connectivity index (χ1n) is 11.0. The molecule has 0 aromatic heterocycles. The molecule has 0 aromatic rings. The summed E-state index contributed by atoms with van der Waals surface area (Å²) in [5.74, 6) is -0.0715. The highest BCUT2D eigenvalue weighted by Crippen LogP contribution is 2.60. The van der Waals surface area contributed by atoms with Crippen LogP contribution in [0.15, 0.2) is 12.2 Å². The van der Waals surface area contributed by atoms with Gasteiger partial charge in [0, 0.05) is 25.1 Å². The Hall–Kier alpha value is -0.723. The van der Waals surface area contributed by atoms with Crippen molar-refractivity contribution in [2.75, 3.05) is 14.2 Å². The van der Waals surface area contributed by atoms with Crippen LogP contribution in [0.1, 0.15) is 66.7 Å². The van der Waals surface area contributed by atoms with Crippen molar-refractivity contribution in [1.29, 1.82) is 0 Å². The zero-order chi connectivity index (χ0) is 22.3. The normalized spacial score (nSPS) is 32.8. The van der Waals surface area contributed by atoms with E-state index in [4.69, 9.17) is 9.26 Å². The summed E-state index contributed by atoms with van der Waals surface area (Å²) >= 11 is 0. The fourth-order valence-electron chi connectivity index (χ4n) is 5.29. The van der Waals surface area contributed by atoms with E-state index >= 15 is 4.39 Å². The first-order valence-corrected chi connectivity index (χ1v) is 13.9. The van der Waals surface area contributed by atoms with Gasteiger partial charge in [0.05, 0.1) is 7.11 Å². The number of rotatable bonds is 6. The molecule has 0 bridgehead atoms. The summed E-state index contributed by atoms with van der Waals surface area (Å²) in [5.41, 5.74) is -1.64. The third-order valence-electron chi connectivity index (χ3n) is 8.13. The minimum atomic E-state index is -1.87. The summed E-state index contributed by atoms with van der Waals surface area (Å²) in [6.45, 7) is 15.3. The van der Waals surface area contributed by atoms with E-state index in [2.05, 4.69) is 40.8 Å². The second-order valence-electron chi connectivity index (χ2n) is 11.1. The van der Waals surface area contributed by atoms with Gasteiger partial charge in [-0.25, -0.2) is 9.45 Å². The van der Waals surface area contributed by atoms with Crippen LogP contribution in [0, 0.1) is 17.3 Å². The van der Waals surface area contributed by atoms with Crippen molar-refractivity contribution in [3.05, 3.63) is 12.2 Å². The van der Waals surface area contributed by atoms with Crippen molar-refractivity contribution >= 4 is 14.2 Å². The number of carbonyl (C=O) groups excluding carboxylic acids is 1. The highest BCUT2D eigenvalue weighted by atomic mass is 28.4. The zero-order valence-corrected chi connectivity index (χ0v) is 21.0. The minimum absolute atomic E-state index is 0.102. The Bertz CT molecular complexity index is 628. The van der Waals surface area contributed by atoms with Crippen LogP contribution in [-0.4, -0.2) is 45.2 Å². The first kappa shape index (κ1) is 24.5. The van der Waals surface area contributed by atoms with Crippen molar-refractivity contribution in [3.8, 4) is 0 Å². The van der Waals surface area contributed by atoms with Gasteiger partial charge in [-0.1, -0.05) is 34.1 Å². The molecule has 2 saturated carbocycles. The summed E-state index contributed by atoms with van der Waals surface area (Å²) in [5, 5.41) is 1.28. The number of alkyl halides is 1. The summed E-state index contributed by atoms with van der Waals surface area (Å²) in [4.78, 5) is 16.9. The molecule has 0 aromatic carbocycles. The van der Waals surface area contributed by atoms with Gasteiger partial charge in [0.1, 0.15) is 5.67 Å². The number of carbonyl (C=O) groups is 1. The Balaban J connectivity index is 2.21. The molecule has 29 heavy (non-hydrogen) atoms. The van der Waals surface area contributed by atoms with Gasteiger partial charge in [0.25, 0.3) is 5.91 Å². The average molecular weight is 428 g/mol. The molecule has 4 nitrogen and oxygen atoms in total.